The second-order valence-corrected chi connectivity index (χ2v) is 13.5. The predicted molar refractivity (Wildman–Crippen MR) is 106 cm³/mol. The molecule has 0 radical (unpaired) electrons. The highest BCUT2D eigenvalue weighted by atomic mass is 32.2. The van der Waals surface area contributed by atoms with Crippen molar-refractivity contribution in [3.8, 4) is 0 Å². The van der Waals surface area contributed by atoms with Gasteiger partial charge in [0, 0.05) is 32.3 Å². The van der Waals surface area contributed by atoms with Gasteiger partial charge in [0.05, 0.1) is 0 Å². The monoisotopic (exact) mass is 530 g/mol. The predicted octanol–water partition coefficient (Wildman–Crippen LogP) is 1.06. The van der Waals surface area contributed by atoms with Crippen LogP contribution in [0.4, 0.5) is 0 Å². The van der Waals surface area contributed by atoms with Crippen molar-refractivity contribution in [3.63, 3.8) is 0 Å². The first kappa shape index (κ1) is 20.0. The molecule has 0 fully saturated rings. The standard InChI is InChI=1S/C17H6O12S4/c18-30(19)11-5-13-9-3-4-10-14-6-12(8-2-1-7(11)15(9)16(8)10)31(20,21)27-17(26-30,28-32(13,22)23)29-33(14,24)25/h1-6H. The topological polar surface area (TPSA) is 173 Å². The molecule has 170 valence electrons. The van der Waals surface area contributed by atoms with Crippen molar-refractivity contribution in [1.29, 1.82) is 0 Å². The Labute approximate surface area is 185 Å². The summed E-state index contributed by atoms with van der Waals surface area (Å²) in [4.78, 5) is -2.69. The lowest BCUT2D eigenvalue weighted by atomic mass is 9.94. The first-order chi connectivity index (χ1) is 15.2. The van der Waals surface area contributed by atoms with Crippen LogP contribution in [-0.4, -0.2) is 39.8 Å². The summed E-state index contributed by atoms with van der Waals surface area (Å²) < 4.78 is 124. The van der Waals surface area contributed by atoms with E-state index in [0.29, 0.717) is 0 Å². The van der Waals surface area contributed by atoms with E-state index < -0.39 is 66.2 Å². The average Bonchev–Trinajstić information content (AvgIpc) is 2.67. The normalized spacial score (nSPS) is 24.8. The molecule has 1 spiro atoms. The number of hydrogen-bond acceptors (Lipinski definition) is 12. The molecular formula is C17H6O12S4. The minimum absolute atomic E-state index is 0.0124. The van der Waals surface area contributed by atoms with Gasteiger partial charge in [-0.3, -0.25) is 0 Å². The Kier molecular flexibility index (Phi) is 3.20. The van der Waals surface area contributed by atoms with Gasteiger partial charge in [0.15, 0.2) is 0 Å². The third kappa shape index (κ3) is 2.27. The van der Waals surface area contributed by atoms with Crippen LogP contribution in [0.15, 0.2) is 56.0 Å². The maximum Gasteiger partial charge on any atom is 0.472 e. The highest BCUT2D eigenvalue weighted by Crippen LogP contribution is 2.50. The van der Waals surface area contributed by atoms with Crippen LogP contribution in [0.1, 0.15) is 0 Å². The number of rotatable bonds is 0. The Morgan fingerprint density at radius 2 is 0.697 bits per heavy atom. The summed E-state index contributed by atoms with van der Waals surface area (Å²) in [7, 11) is -20.5. The quantitative estimate of drug-likeness (QED) is 0.234. The fourth-order valence-electron chi connectivity index (χ4n) is 4.49. The summed E-state index contributed by atoms with van der Waals surface area (Å²) in [6, 6.07) is 6.68. The van der Waals surface area contributed by atoms with Crippen LogP contribution in [-0.2, 0) is 57.2 Å². The van der Waals surface area contributed by atoms with E-state index in [2.05, 4.69) is 16.7 Å². The van der Waals surface area contributed by atoms with E-state index in [1.807, 2.05) is 0 Å². The van der Waals surface area contributed by atoms with Gasteiger partial charge < -0.3 is 0 Å². The molecule has 0 amide bonds. The van der Waals surface area contributed by atoms with E-state index in [1.54, 1.807) is 0 Å². The molecule has 0 atom stereocenters. The molecule has 4 aromatic carbocycles. The maximum absolute atomic E-state index is 13.2. The van der Waals surface area contributed by atoms with Gasteiger partial charge in [0.2, 0.25) is 0 Å². The number of hydrogen-bond donors (Lipinski definition) is 0. The van der Waals surface area contributed by atoms with Crippen molar-refractivity contribution < 1.29 is 50.4 Å². The van der Waals surface area contributed by atoms with E-state index in [0.717, 1.165) is 12.1 Å². The second kappa shape index (κ2) is 5.28. The SMILES string of the molecule is O=S1(=O)OC23OS(=O)(=O)c4cc1c1ccc5c(cc(c6ccc4c1c56)S(=O)(=O)O2)S(=O)(=O)O3. The van der Waals surface area contributed by atoms with Gasteiger partial charge >= 0.3 is 46.6 Å². The minimum atomic E-state index is -5.12. The summed E-state index contributed by atoms with van der Waals surface area (Å²) in [6.45, 7) is 0. The lowest BCUT2D eigenvalue weighted by molar-refractivity contribution is -0.360. The molecular weight excluding hydrogens is 524 g/mol. The fourth-order valence-corrected chi connectivity index (χ4v) is 9.55. The van der Waals surface area contributed by atoms with Crippen LogP contribution in [0.3, 0.4) is 0 Å². The lowest BCUT2D eigenvalue weighted by Gasteiger charge is -2.31. The smallest absolute Gasteiger partial charge is 0.194 e. The largest absolute Gasteiger partial charge is 0.472 e. The molecule has 12 nitrogen and oxygen atoms in total. The van der Waals surface area contributed by atoms with Gasteiger partial charge in [0.25, 0.3) is 0 Å². The van der Waals surface area contributed by atoms with Crippen LogP contribution < -0.4 is 0 Å². The molecule has 0 saturated heterocycles. The first-order valence-electron chi connectivity index (χ1n) is 8.86. The van der Waals surface area contributed by atoms with Crippen LogP contribution in [0, 0.1) is 0 Å². The van der Waals surface area contributed by atoms with Crippen LogP contribution >= 0.6 is 0 Å². The molecule has 0 N–H and O–H groups in total. The highest BCUT2D eigenvalue weighted by molar-refractivity contribution is 7.89. The molecule has 2 aliphatic heterocycles. The van der Waals surface area contributed by atoms with Gasteiger partial charge in [-0.15, -0.1) is 0 Å². The Bertz CT molecular complexity index is 1780. The lowest BCUT2D eigenvalue weighted by Crippen LogP contribution is -2.49. The second-order valence-electron chi connectivity index (χ2n) is 7.47. The minimum Gasteiger partial charge on any atom is -0.194 e. The molecule has 16 heteroatoms. The van der Waals surface area contributed by atoms with E-state index in [9.17, 15) is 33.7 Å². The average molecular weight is 530 g/mol. The molecule has 4 bridgehead atoms. The Balaban J connectivity index is 2.01. The van der Waals surface area contributed by atoms with Crippen molar-refractivity contribution in [2.45, 2.75) is 25.7 Å². The molecule has 4 aromatic rings. The van der Waals surface area contributed by atoms with Gasteiger partial charge in [-0.1, -0.05) is 24.3 Å². The Morgan fingerprint density at radius 3 is 0.939 bits per heavy atom. The van der Waals surface area contributed by atoms with E-state index in [4.69, 9.17) is 0 Å². The molecule has 0 unspecified atom stereocenters. The summed E-state index contributed by atoms with van der Waals surface area (Å²) in [5.74, 6) is 0. The summed E-state index contributed by atoms with van der Waals surface area (Å²) in [6.07, 6.45) is -4.06. The zero-order valence-electron chi connectivity index (χ0n) is 15.5. The van der Waals surface area contributed by atoms with Crippen LogP contribution in [0.5, 0.6) is 0 Å². The molecule has 33 heavy (non-hydrogen) atoms. The number of fused-ring (bicyclic) bond motifs is 8. The number of benzene rings is 4. The van der Waals surface area contributed by atoms with Crippen molar-refractivity contribution in [3.05, 3.63) is 36.4 Å². The van der Waals surface area contributed by atoms with Crippen molar-refractivity contribution in [2.24, 2.45) is 0 Å². The van der Waals surface area contributed by atoms with Crippen molar-refractivity contribution in [1.82, 2.24) is 0 Å². The van der Waals surface area contributed by atoms with Gasteiger partial charge in [-0.05, 0) is 12.1 Å². The molecule has 0 aromatic heterocycles. The van der Waals surface area contributed by atoms with E-state index >= 15 is 0 Å². The van der Waals surface area contributed by atoms with Gasteiger partial charge in [-0.25, -0.2) is 0 Å². The Morgan fingerprint density at radius 1 is 0.455 bits per heavy atom. The fraction of sp³-hybridized carbons (Fsp3) is 0.0588. The van der Waals surface area contributed by atoms with E-state index in [1.165, 1.54) is 24.3 Å². The molecule has 0 saturated carbocycles. The van der Waals surface area contributed by atoms with E-state index in [-0.39, 0.29) is 32.3 Å². The maximum atomic E-state index is 13.2. The van der Waals surface area contributed by atoms with Crippen molar-refractivity contribution >= 4 is 72.8 Å². The van der Waals surface area contributed by atoms with Gasteiger partial charge in [-0.2, -0.15) is 50.4 Å². The summed E-state index contributed by atoms with van der Waals surface area (Å²) >= 11 is 0. The zero-order valence-corrected chi connectivity index (χ0v) is 18.8. The third-order valence-electron chi connectivity index (χ3n) is 5.67. The van der Waals surface area contributed by atoms with Crippen LogP contribution in [0.25, 0.3) is 32.3 Å². The molecule has 2 aliphatic rings. The molecule has 6 rings (SSSR count). The summed E-state index contributed by atoms with van der Waals surface area (Å²) in [5, 5.41) is -0.138. The molecule has 2 heterocycles. The zero-order chi connectivity index (χ0) is 23.3. The van der Waals surface area contributed by atoms with Crippen LogP contribution in [0.2, 0.25) is 0 Å². The highest BCUT2D eigenvalue weighted by Gasteiger charge is 2.58. The third-order valence-corrected chi connectivity index (χ3v) is 10.9. The first-order valence-corrected chi connectivity index (χ1v) is 14.5. The Hall–Kier alpha value is -2.44. The van der Waals surface area contributed by atoms with Gasteiger partial charge in [0.1, 0.15) is 19.6 Å². The van der Waals surface area contributed by atoms with Crippen molar-refractivity contribution in [2.75, 3.05) is 0 Å². The summed E-state index contributed by atoms with van der Waals surface area (Å²) in [5.41, 5.74) is 0. The molecule has 0 aliphatic carbocycles.